The van der Waals surface area contributed by atoms with Gasteiger partial charge in [0, 0.05) is 161 Å². The van der Waals surface area contributed by atoms with E-state index in [1.165, 1.54) is 0 Å². The van der Waals surface area contributed by atoms with Crippen molar-refractivity contribution in [3.63, 3.8) is 0 Å². The zero-order valence-corrected chi connectivity index (χ0v) is 82.8. The van der Waals surface area contributed by atoms with Crippen molar-refractivity contribution in [3.05, 3.63) is 330 Å². The smallest absolute Gasteiger partial charge is 0.274 e. The Morgan fingerprint density at radius 3 is 0.910 bits per heavy atom. The van der Waals surface area contributed by atoms with Crippen molar-refractivity contribution >= 4 is 89.8 Å². The molecule has 2 saturated heterocycles. The lowest BCUT2D eigenvalue weighted by atomic mass is 10.1. The molecule has 41 heteroatoms. The number of H-pyrrole nitrogens is 2. The Balaban J connectivity index is 0.000000130. The molecular formula is C103H102Br2N32O7. The topological polar surface area (TPSA) is 459 Å². The van der Waals surface area contributed by atoms with Gasteiger partial charge in [-0.25, -0.2) is 24.9 Å². The van der Waals surface area contributed by atoms with E-state index in [9.17, 15) is 24.0 Å². The number of amides is 5. The van der Waals surface area contributed by atoms with Crippen molar-refractivity contribution in [2.75, 3.05) is 92.3 Å². The molecule has 2 aliphatic heterocycles. The van der Waals surface area contributed by atoms with Crippen LogP contribution in [0, 0.1) is 6.92 Å². The van der Waals surface area contributed by atoms with Crippen LogP contribution in [0.2, 0.25) is 0 Å². The molecule has 0 aliphatic carbocycles. The lowest BCUT2D eigenvalue weighted by molar-refractivity contribution is 0.0359. The largest absolute Gasteiger partial charge is 0.379 e. The molecule has 20 heterocycles. The van der Waals surface area contributed by atoms with Crippen LogP contribution in [-0.2, 0) is 22.6 Å². The number of nitrogens with one attached hydrogen (secondary N) is 7. The van der Waals surface area contributed by atoms with Gasteiger partial charge in [0.15, 0.2) is 0 Å². The van der Waals surface area contributed by atoms with E-state index in [-0.39, 0.29) is 47.7 Å². The average molecular weight is 2060 g/mol. The third kappa shape index (κ3) is 27.1. The Kier molecular flexibility index (Phi) is 34.1. The standard InChI is InChI=1S/C23H24N8O2.C23H22N6O.C20H21BrN6O2.C20H19N7O.C17H16BrN5O/c32-23(20-6-3-5-18(27-20)17-14-25-26-15-17)28-21-16-31(9-8-30-10-12-33-13-11-30)29-22(21)19-4-1-2-7-24-19;1-15(2)29-14-21(22(28-29)19-7-4-5-10-25-19)27-23(30)20-9-6-8-18(26-20)17-11-16(3)12-24-13-17;21-18-6-3-5-16(23-18)20(28)24-17-14-27(9-8-26-10-12-29-13-11-26)25-19(17)15-4-1-2-7-22-15;1-13(2)27-12-18(19(26-27)16-6-3-4-9-21-16)25-20(28)17-8-5-7-15(24-17)14-10-22-23-11-14;1-11(2)23-10-14(16(22-23)12-6-3-4-9-19-12)21-17(24)13-7-5-8-15(18)20-13/h1-7,14-16H,8-13H2,(H,25,26)(H,28,32);4-15H,1-3H3,(H,27,30);1-7,14H,8-13H2,(H,24,28);3-13H,1-2H3,(H,22,23)(H,25,28);3-11H,1-2H3,(H,21,24). The molecule has 0 saturated carbocycles. The van der Waals surface area contributed by atoms with E-state index in [1.807, 2.05) is 215 Å². The predicted molar refractivity (Wildman–Crippen MR) is 552 cm³/mol. The second-order valence-electron chi connectivity index (χ2n) is 33.6. The summed E-state index contributed by atoms with van der Waals surface area (Å²) in [4.78, 5) is 117. The van der Waals surface area contributed by atoms with Crippen molar-refractivity contribution in [1.29, 1.82) is 0 Å². The highest BCUT2D eigenvalue weighted by Crippen LogP contribution is 2.34. The van der Waals surface area contributed by atoms with Gasteiger partial charge >= 0.3 is 0 Å². The molecule has 0 unspecified atom stereocenters. The van der Waals surface area contributed by atoms with Crippen LogP contribution in [0.1, 0.15) is 118 Å². The molecular weight excluding hydrogens is 1960 g/mol. The van der Waals surface area contributed by atoms with E-state index in [2.05, 4.69) is 164 Å². The van der Waals surface area contributed by atoms with Gasteiger partial charge in [-0.05, 0) is 213 Å². The van der Waals surface area contributed by atoms with Gasteiger partial charge in [-0.3, -0.25) is 97.3 Å². The second-order valence-corrected chi connectivity index (χ2v) is 35.2. The molecule has 2 fully saturated rings. The summed E-state index contributed by atoms with van der Waals surface area (Å²) in [6.45, 7) is 24.0. The number of halogens is 2. The van der Waals surface area contributed by atoms with Gasteiger partial charge in [0.05, 0.1) is 126 Å². The Bertz CT molecular complexity index is 7300. The highest BCUT2D eigenvalue weighted by Gasteiger charge is 2.26. The number of aromatic nitrogens is 25. The molecule has 2 aliphatic rings. The van der Waals surface area contributed by atoms with E-state index in [0.717, 1.165) is 87.9 Å². The number of carbonyl (C=O) groups excluding carboxylic acids is 5. The fourth-order valence-electron chi connectivity index (χ4n) is 14.7. The van der Waals surface area contributed by atoms with Crippen molar-refractivity contribution < 1.29 is 33.4 Å². The Morgan fingerprint density at radius 2 is 0.625 bits per heavy atom. The fraction of sp³-hybridized carbons (Fsp3) is 0.214. The van der Waals surface area contributed by atoms with Crippen LogP contribution in [0.3, 0.4) is 0 Å². The predicted octanol–water partition coefficient (Wildman–Crippen LogP) is 17.0. The summed E-state index contributed by atoms with van der Waals surface area (Å²) >= 11 is 6.57. The van der Waals surface area contributed by atoms with E-state index >= 15 is 0 Å². The first kappa shape index (κ1) is 100. The molecule has 7 N–H and O–H groups in total. The normalized spacial score (nSPS) is 12.4. The van der Waals surface area contributed by atoms with Crippen molar-refractivity contribution in [2.45, 2.75) is 79.7 Å². The van der Waals surface area contributed by atoms with Crippen LogP contribution in [0.25, 0.3) is 90.7 Å². The van der Waals surface area contributed by atoms with E-state index in [0.29, 0.717) is 153 Å². The van der Waals surface area contributed by atoms with Gasteiger partial charge in [0.2, 0.25) is 0 Å². The molecule has 20 rings (SSSR count). The molecule has 18 aromatic rings. The summed E-state index contributed by atoms with van der Waals surface area (Å²) in [6, 6.07) is 56.9. The first-order valence-corrected chi connectivity index (χ1v) is 47.9. The summed E-state index contributed by atoms with van der Waals surface area (Å²) < 4.78 is 21.1. The number of pyridine rings is 11. The molecule has 0 spiro atoms. The van der Waals surface area contributed by atoms with Crippen LogP contribution in [-0.4, -0.2) is 229 Å². The summed E-state index contributed by atoms with van der Waals surface area (Å²) in [5, 5.41) is 51.2. The van der Waals surface area contributed by atoms with Gasteiger partial charge < -0.3 is 36.1 Å². The minimum absolute atomic E-state index is 0.147. The van der Waals surface area contributed by atoms with Gasteiger partial charge in [-0.1, -0.05) is 60.7 Å². The highest BCUT2D eigenvalue weighted by molar-refractivity contribution is 9.10. The van der Waals surface area contributed by atoms with Gasteiger partial charge in [0.1, 0.15) is 66.1 Å². The van der Waals surface area contributed by atoms with Crippen molar-refractivity contribution in [1.82, 2.24) is 134 Å². The van der Waals surface area contributed by atoms with Crippen LogP contribution in [0.4, 0.5) is 28.4 Å². The molecule has 5 amide bonds. The van der Waals surface area contributed by atoms with Gasteiger partial charge in [0.25, 0.3) is 29.5 Å². The van der Waals surface area contributed by atoms with E-state index in [1.54, 1.807) is 144 Å². The zero-order valence-electron chi connectivity index (χ0n) is 79.6. The summed E-state index contributed by atoms with van der Waals surface area (Å²) in [6.07, 6.45) is 28.0. The first-order chi connectivity index (χ1) is 70.1. The summed E-state index contributed by atoms with van der Waals surface area (Å²) in [5.74, 6) is -1.53. The number of aryl methyl sites for hydroxylation is 1. The van der Waals surface area contributed by atoms with Crippen molar-refractivity contribution in [3.8, 4) is 90.7 Å². The first-order valence-electron chi connectivity index (χ1n) is 46.3. The SMILES string of the molecule is CC(C)n1cc(NC(=O)c2cccc(-c3cn[nH]c3)n2)c(-c2ccccn2)n1.CC(C)n1cc(NC(=O)c2cccc(Br)n2)c(-c2ccccn2)n1.Cc1cncc(-c2cccc(C(=O)Nc3cn(C(C)C)nc3-c3ccccn3)n2)c1.O=C(Nc1cn(CCN2CCOCC2)nc1-c1ccccn1)c1cccc(-c2cn[nH]c2)n1.O=C(Nc1cn(CCN2CCOCC2)nc1-c1ccccn1)c1cccc(Br)n1. The number of carbonyl (C=O) groups is 5. The fourth-order valence-corrected chi connectivity index (χ4v) is 15.4. The maximum atomic E-state index is 13.1. The van der Waals surface area contributed by atoms with Crippen LogP contribution in [0.5, 0.6) is 0 Å². The van der Waals surface area contributed by atoms with Crippen LogP contribution < -0.4 is 26.6 Å². The quantitative estimate of drug-likeness (QED) is 0.0235. The van der Waals surface area contributed by atoms with E-state index < -0.39 is 0 Å². The molecule has 0 atom stereocenters. The minimum atomic E-state index is -0.315. The zero-order chi connectivity index (χ0) is 100. The molecule has 18 aromatic heterocycles. The molecule has 39 nitrogen and oxygen atoms in total. The van der Waals surface area contributed by atoms with Crippen molar-refractivity contribution in [2.24, 2.45) is 0 Å². The lowest BCUT2D eigenvalue weighted by Gasteiger charge is -2.26. The molecule has 0 bridgehead atoms. The number of hydrogen-bond acceptors (Lipinski definition) is 27. The third-order valence-electron chi connectivity index (χ3n) is 22.2. The monoisotopic (exact) mass is 2060 g/mol. The number of anilines is 5. The number of ether oxygens (including phenoxy) is 2. The number of hydrogen-bond donors (Lipinski definition) is 7. The third-order valence-corrected chi connectivity index (χ3v) is 23.1. The highest BCUT2D eigenvalue weighted by atomic mass is 79.9. The number of aromatic amines is 2. The number of rotatable bonds is 27. The van der Waals surface area contributed by atoms with Gasteiger partial charge in [-0.15, -0.1) is 0 Å². The maximum Gasteiger partial charge on any atom is 0.274 e. The van der Waals surface area contributed by atoms with Crippen LogP contribution in [0.15, 0.2) is 296 Å². The maximum absolute atomic E-state index is 13.1. The summed E-state index contributed by atoms with van der Waals surface area (Å²) in [7, 11) is 0. The molecule has 0 aromatic carbocycles. The van der Waals surface area contributed by atoms with Crippen LogP contribution >= 0.6 is 31.9 Å². The second kappa shape index (κ2) is 48.9. The number of morpholine rings is 2. The molecule has 144 heavy (non-hydrogen) atoms. The molecule has 730 valence electrons. The molecule has 0 radical (unpaired) electrons. The average Bonchev–Trinajstić information content (AvgIpc) is 1.66. The van der Waals surface area contributed by atoms with E-state index in [4.69, 9.17) is 14.6 Å². The number of nitrogens with zero attached hydrogens (tertiary/aromatic N) is 25. The summed E-state index contributed by atoms with van der Waals surface area (Å²) in [5.41, 5.74) is 16.8. The van der Waals surface area contributed by atoms with Gasteiger partial charge in [-0.2, -0.15) is 35.7 Å². The Morgan fingerprint density at radius 1 is 0.333 bits per heavy atom. The minimum Gasteiger partial charge on any atom is -0.379 e. The lowest BCUT2D eigenvalue weighted by Crippen LogP contribution is -2.38. The Hall–Kier alpha value is -16.7. The Labute approximate surface area is 845 Å².